The van der Waals surface area contributed by atoms with Crippen LogP contribution < -0.4 is 16.4 Å². The molecule has 17 heavy (non-hydrogen) atoms. The number of nitrogens with one attached hydrogen (secondary N) is 2. The van der Waals surface area contributed by atoms with Gasteiger partial charge in [-0.15, -0.1) is 0 Å². The van der Waals surface area contributed by atoms with Crippen molar-refractivity contribution in [3.8, 4) is 0 Å². The van der Waals surface area contributed by atoms with E-state index < -0.39 is 6.03 Å². The Bertz CT molecular complexity index is 283. The summed E-state index contributed by atoms with van der Waals surface area (Å²) >= 11 is 0. The predicted octanol–water partition coefficient (Wildman–Crippen LogP) is -0.499. The maximum atomic E-state index is 11.6. The summed E-state index contributed by atoms with van der Waals surface area (Å²) in [5.41, 5.74) is 5.71. The zero-order chi connectivity index (χ0) is 12.8. The Labute approximate surface area is 102 Å². The first-order valence-corrected chi connectivity index (χ1v) is 6.02. The molecule has 1 saturated heterocycles. The molecule has 0 spiro atoms. The zero-order valence-electron chi connectivity index (χ0n) is 10.5. The first-order valence-electron chi connectivity index (χ1n) is 6.02. The van der Waals surface area contributed by atoms with E-state index in [9.17, 15) is 9.59 Å². The number of piperidine rings is 1. The van der Waals surface area contributed by atoms with Gasteiger partial charge in [0.25, 0.3) is 0 Å². The number of hydrogen-bond donors (Lipinski definition) is 3. The summed E-state index contributed by atoms with van der Waals surface area (Å²) < 4.78 is 0. The maximum absolute atomic E-state index is 11.6. The third kappa shape index (κ3) is 4.32. The molecule has 3 amide bonds. The molecule has 1 aliphatic heterocycles. The zero-order valence-corrected chi connectivity index (χ0v) is 10.5. The number of nitrogens with two attached hydrogens (primary N) is 1. The molecule has 1 fully saturated rings. The minimum absolute atomic E-state index is 0.238. The normalized spacial score (nSPS) is 25.4. The lowest BCUT2D eigenvalue weighted by Gasteiger charge is -2.37. The molecule has 1 aliphatic rings. The Morgan fingerprint density at radius 3 is 2.76 bits per heavy atom. The molecule has 4 N–H and O–H groups in total. The van der Waals surface area contributed by atoms with Crippen LogP contribution in [0.15, 0.2) is 0 Å². The van der Waals surface area contributed by atoms with Gasteiger partial charge >= 0.3 is 6.03 Å². The number of carbonyl (C=O) groups is 2. The number of nitrogens with zero attached hydrogens (tertiary/aromatic N) is 1. The van der Waals surface area contributed by atoms with Crippen LogP contribution in [0.1, 0.15) is 19.8 Å². The molecule has 1 rings (SSSR count). The molecule has 0 aromatic heterocycles. The van der Waals surface area contributed by atoms with Crippen LogP contribution in [0.4, 0.5) is 4.79 Å². The quantitative estimate of drug-likeness (QED) is 0.622. The van der Waals surface area contributed by atoms with Gasteiger partial charge in [-0.1, -0.05) is 6.92 Å². The molecule has 0 saturated carbocycles. The molecule has 1 heterocycles. The van der Waals surface area contributed by atoms with Crippen LogP contribution in [0.2, 0.25) is 0 Å². The van der Waals surface area contributed by atoms with Gasteiger partial charge in [0.05, 0.1) is 6.54 Å². The van der Waals surface area contributed by atoms with Crippen LogP contribution >= 0.6 is 0 Å². The van der Waals surface area contributed by atoms with Crippen LogP contribution in [-0.2, 0) is 4.79 Å². The average Bonchev–Trinajstić information content (AvgIpc) is 2.31. The molecule has 0 aliphatic carbocycles. The van der Waals surface area contributed by atoms with Crippen LogP contribution in [0.3, 0.4) is 0 Å². The highest BCUT2D eigenvalue weighted by Crippen LogP contribution is 2.21. The fraction of sp³-hybridized carbons (Fsp3) is 0.818. The van der Waals surface area contributed by atoms with E-state index in [2.05, 4.69) is 22.5 Å². The summed E-state index contributed by atoms with van der Waals surface area (Å²) in [4.78, 5) is 24.6. The first kappa shape index (κ1) is 13.9. The maximum Gasteiger partial charge on any atom is 0.321 e. The smallest absolute Gasteiger partial charge is 0.321 e. The Balaban J connectivity index is 2.43. The van der Waals surface area contributed by atoms with E-state index in [0.717, 1.165) is 19.4 Å². The van der Waals surface area contributed by atoms with Crippen molar-refractivity contribution in [2.75, 3.05) is 26.7 Å². The van der Waals surface area contributed by atoms with E-state index in [4.69, 9.17) is 5.73 Å². The average molecular weight is 242 g/mol. The molecule has 6 heteroatoms. The van der Waals surface area contributed by atoms with E-state index in [1.165, 1.54) is 7.05 Å². The molecule has 0 radical (unpaired) electrons. The van der Waals surface area contributed by atoms with Crippen molar-refractivity contribution in [2.24, 2.45) is 11.7 Å². The van der Waals surface area contributed by atoms with Crippen molar-refractivity contribution in [3.05, 3.63) is 0 Å². The van der Waals surface area contributed by atoms with Gasteiger partial charge in [0.1, 0.15) is 0 Å². The standard InChI is InChI=1S/C11H22N4O2/c1-8-3-4-15(9(5-8)6-12)7-10(16)14-11(17)13-2/h8-9H,3-7,12H2,1-2H3,(H2,13,14,16,17). The van der Waals surface area contributed by atoms with Gasteiger partial charge in [-0.3, -0.25) is 15.0 Å². The highest BCUT2D eigenvalue weighted by molar-refractivity contribution is 5.95. The minimum atomic E-state index is -0.468. The van der Waals surface area contributed by atoms with Gasteiger partial charge in [-0.25, -0.2) is 4.79 Å². The van der Waals surface area contributed by atoms with E-state index in [1.807, 2.05) is 0 Å². The predicted molar refractivity (Wildman–Crippen MR) is 65.4 cm³/mol. The Morgan fingerprint density at radius 1 is 1.47 bits per heavy atom. The lowest BCUT2D eigenvalue weighted by Crippen LogP contribution is -2.51. The molecule has 6 nitrogen and oxygen atoms in total. The van der Waals surface area contributed by atoms with Crippen molar-refractivity contribution in [1.29, 1.82) is 0 Å². The summed E-state index contributed by atoms with van der Waals surface area (Å²) in [5.74, 6) is 0.374. The topological polar surface area (TPSA) is 87.5 Å². The van der Waals surface area contributed by atoms with Crippen LogP contribution in [0, 0.1) is 5.92 Å². The fourth-order valence-corrected chi connectivity index (χ4v) is 2.17. The van der Waals surface area contributed by atoms with Crippen molar-refractivity contribution >= 4 is 11.9 Å². The molecular weight excluding hydrogens is 220 g/mol. The van der Waals surface area contributed by atoms with Crippen molar-refractivity contribution < 1.29 is 9.59 Å². The van der Waals surface area contributed by atoms with E-state index >= 15 is 0 Å². The Hall–Kier alpha value is -1.14. The van der Waals surface area contributed by atoms with Gasteiger partial charge in [-0.05, 0) is 25.3 Å². The van der Waals surface area contributed by atoms with Gasteiger partial charge in [0.2, 0.25) is 5.91 Å². The SMILES string of the molecule is CNC(=O)NC(=O)CN1CCC(C)CC1CN. The van der Waals surface area contributed by atoms with Crippen LogP contribution in [0.5, 0.6) is 0 Å². The lowest BCUT2D eigenvalue weighted by molar-refractivity contribution is -0.122. The van der Waals surface area contributed by atoms with Crippen molar-refractivity contribution in [1.82, 2.24) is 15.5 Å². The number of rotatable bonds is 3. The van der Waals surface area contributed by atoms with Gasteiger partial charge < -0.3 is 11.1 Å². The van der Waals surface area contributed by atoms with E-state index in [0.29, 0.717) is 12.5 Å². The van der Waals surface area contributed by atoms with Crippen molar-refractivity contribution in [3.63, 3.8) is 0 Å². The largest absolute Gasteiger partial charge is 0.341 e. The lowest BCUT2D eigenvalue weighted by atomic mass is 9.92. The number of imide groups is 1. The molecule has 0 aromatic carbocycles. The van der Waals surface area contributed by atoms with Gasteiger partial charge in [-0.2, -0.15) is 0 Å². The van der Waals surface area contributed by atoms with Crippen molar-refractivity contribution in [2.45, 2.75) is 25.8 Å². The summed E-state index contributed by atoms with van der Waals surface area (Å²) in [6, 6.07) is -0.223. The molecule has 0 aromatic rings. The second-order valence-electron chi connectivity index (χ2n) is 4.62. The minimum Gasteiger partial charge on any atom is -0.341 e. The highest BCUT2D eigenvalue weighted by atomic mass is 16.2. The fourth-order valence-electron chi connectivity index (χ4n) is 2.17. The molecule has 98 valence electrons. The molecular formula is C11H22N4O2. The molecule has 2 atom stereocenters. The van der Waals surface area contributed by atoms with E-state index in [1.54, 1.807) is 0 Å². The van der Waals surface area contributed by atoms with E-state index in [-0.39, 0.29) is 18.5 Å². The number of amides is 3. The van der Waals surface area contributed by atoms with Crippen LogP contribution in [-0.4, -0.2) is 49.6 Å². The number of likely N-dealkylation sites (tertiary alicyclic amines) is 1. The highest BCUT2D eigenvalue weighted by Gasteiger charge is 2.26. The van der Waals surface area contributed by atoms with Crippen LogP contribution in [0.25, 0.3) is 0 Å². The summed E-state index contributed by atoms with van der Waals surface area (Å²) in [5, 5.41) is 4.61. The summed E-state index contributed by atoms with van der Waals surface area (Å²) in [7, 11) is 1.48. The third-order valence-electron chi connectivity index (χ3n) is 3.20. The van der Waals surface area contributed by atoms with Gasteiger partial charge in [0.15, 0.2) is 0 Å². The Kier molecular flexibility index (Phi) is 5.37. The summed E-state index contributed by atoms with van der Waals surface area (Å²) in [6.07, 6.45) is 2.09. The van der Waals surface area contributed by atoms with Gasteiger partial charge in [0, 0.05) is 19.6 Å². The number of hydrogen-bond acceptors (Lipinski definition) is 4. The molecule has 2 unspecified atom stereocenters. The second kappa shape index (κ2) is 6.56. The first-order chi connectivity index (χ1) is 8.06. The molecule has 0 bridgehead atoms. The summed E-state index contributed by atoms with van der Waals surface area (Å²) in [6.45, 7) is 3.86. The third-order valence-corrected chi connectivity index (χ3v) is 3.20. The monoisotopic (exact) mass is 242 g/mol. The number of carbonyl (C=O) groups excluding carboxylic acids is 2. The second-order valence-corrected chi connectivity index (χ2v) is 4.62. The number of urea groups is 1. The Morgan fingerprint density at radius 2 is 2.18 bits per heavy atom.